The van der Waals surface area contributed by atoms with Gasteiger partial charge in [0.1, 0.15) is 12.4 Å². The molecule has 8 nitrogen and oxygen atoms in total. The molecular weight excluding hydrogens is 447 g/mol. The minimum absolute atomic E-state index is 0. The van der Waals surface area contributed by atoms with Crippen LogP contribution in [0.15, 0.2) is 4.99 Å². The number of halogens is 1. The van der Waals surface area contributed by atoms with E-state index in [1.807, 2.05) is 18.5 Å². The summed E-state index contributed by atoms with van der Waals surface area (Å²) in [4.78, 5) is 18.8. The molecule has 1 N–H and O–H groups in total. The molecule has 26 heavy (non-hydrogen) atoms. The number of rotatable bonds is 6. The molecule has 2 heterocycles. The first kappa shape index (κ1) is 22.7. The summed E-state index contributed by atoms with van der Waals surface area (Å²) < 4.78 is 6.87. The molecule has 9 heteroatoms. The zero-order valence-corrected chi connectivity index (χ0v) is 18.7. The minimum atomic E-state index is -0.146. The number of aryl methyl sites for hydroxylation is 1. The molecule has 2 rings (SSSR count). The molecule has 1 fully saturated rings. The predicted octanol–water partition coefficient (Wildman–Crippen LogP) is 1.73. The number of aromatic nitrogens is 3. The van der Waals surface area contributed by atoms with Crippen molar-refractivity contribution >= 4 is 35.9 Å². The van der Waals surface area contributed by atoms with E-state index >= 15 is 0 Å². The van der Waals surface area contributed by atoms with Crippen LogP contribution in [0.3, 0.4) is 0 Å². The van der Waals surface area contributed by atoms with Crippen molar-refractivity contribution in [3.05, 3.63) is 11.6 Å². The maximum absolute atomic E-state index is 11.9. The number of unbranched alkanes of at least 4 members (excludes halogenated alkanes) is 1. The van der Waals surface area contributed by atoms with Crippen molar-refractivity contribution < 1.29 is 9.53 Å². The molecule has 0 bridgehead atoms. The van der Waals surface area contributed by atoms with E-state index in [1.165, 1.54) is 7.11 Å². The Bertz CT molecular complexity index is 618. The van der Waals surface area contributed by atoms with Gasteiger partial charge in [0, 0.05) is 26.7 Å². The average molecular weight is 478 g/mol. The number of nitrogens with one attached hydrogen (secondary N) is 1. The van der Waals surface area contributed by atoms with Crippen LogP contribution in [-0.4, -0.2) is 58.3 Å². The number of likely N-dealkylation sites (tertiary alicyclic amines) is 1. The summed E-state index contributed by atoms with van der Waals surface area (Å²) in [6.45, 7) is 8.90. The molecule has 0 spiro atoms. The topological polar surface area (TPSA) is 84.6 Å². The molecular formula is C17H31IN6O2. The standard InChI is InChI=1S/C17H30N6O2.HI/c1-6-7-8-18-17(19-9-15-21-20-13(3)22(15)4)23-10-12(2)14(11-23)16(24)25-5;/h12,14H,6-11H2,1-5H3,(H,18,19);1H. The Labute approximate surface area is 172 Å². The van der Waals surface area contributed by atoms with Crippen molar-refractivity contribution in [1.82, 2.24) is 25.0 Å². The van der Waals surface area contributed by atoms with Gasteiger partial charge in [0.2, 0.25) is 0 Å². The van der Waals surface area contributed by atoms with Gasteiger partial charge in [-0.15, -0.1) is 34.2 Å². The van der Waals surface area contributed by atoms with Crippen LogP contribution in [-0.2, 0) is 23.1 Å². The number of hydrogen-bond donors (Lipinski definition) is 1. The first-order chi connectivity index (χ1) is 12.0. The maximum Gasteiger partial charge on any atom is 0.310 e. The molecule has 1 aromatic heterocycles. The lowest BCUT2D eigenvalue weighted by atomic mass is 9.99. The van der Waals surface area contributed by atoms with E-state index in [-0.39, 0.29) is 41.8 Å². The fraction of sp³-hybridized carbons (Fsp3) is 0.765. The van der Waals surface area contributed by atoms with E-state index in [1.54, 1.807) is 0 Å². The first-order valence-corrected chi connectivity index (χ1v) is 8.93. The molecule has 2 atom stereocenters. The van der Waals surface area contributed by atoms with Gasteiger partial charge in [-0.3, -0.25) is 4.79 Å². The molecule has 1 saturated heterocycles. The average Bonchev–Trinajstić information content (AvgIpc) is 3.14. The largest absolute Gasteiger partial charge is 0.469 e. The molecule has 148 valence electrons. The van der Waals surface area contributed by atoms with Crippen LogP contribution in [0.5, 0.6) is 0 Å². The molecule has 0 saturated carbocycles. The minimum Gasteiger partial charge on any atom is -0.469 e. The van der Waals surface area contributed by atoms with E-state index in [0.29, 0.717) is 13.1 Å². The Morgan fingerprint density at radius 2 is 2.12 bits per heavy atom. The highest BCUT2D eigenvalue weighted by molar-refractivity contribution is 14.0. The Hall–Kier alpha value is -1.39. The van der Waals surface area contributed by atoms with Gasteiger partial charge in [-0.2, -0.15) is 0 Å². The SMILES string of the molecule is CCCCNC(=NCc1nnc(C)n1C)N1CC(C)C(C(=O)OC)C1.I. The summed E-state index contributed by atoms with van der Waals surface area (Å²) in [5, 5.41) is 11.7. The van der Waals surface area contributed by atoms with Crippen LogP contribution in [0.25, 0.3) is 0 Å². The summed E-state index contributed by atoms with van der Waals surface area (Å²) in [5.74, 6) is 2.50. The Balaban J connectivity index is 0.00000338. The molecule has 0 amide bonds. The smallest absolute Gasteiger partial charge is 0.310 e. The van der Waals surface area contributed by atoms with E-state index in [0.717, 1.165) is 43.5 Å². The number of aliphatic imine (C=N–C) groups is 1. The van der Waals surface area contributed by atoms with Gasteiger partial charge in [-0.1, -0.05) is 20.3 Å². The number of guanidine groups is 1. The lowest BCUT2D eigenvalue weighted by molar-refractivity contribution is -0.145. The van der Waals surface area contributed by atoms with Crippen LogP contribution in [0, 0.1) is 18.8 Å². The van der Waals surface area contributed by atoms with Gasteiger partial charge in [-0.05, 0) is 19.3 Å². The third kappa shape index (κ3) is 5.55. The van der Waals surface area contributed by atoms with Gasteiger partial charge in [-0.25, -0.2) is 4.99 Å². The van der Waals surface area contributed by atoms with Crippen molar-refractivity contribution in [3.63, 3.8) is 0 Å². The van der Waals surface area contributed by atoms with Gasteiger partial charge in [0.25, 0.3) is 0 Å². The van der Waals surface area contributed by atoms with E-state index < -0.39 is 0 Å². The number of carbonyl (C=O) groups excluding carboxylic acids is 1. The summed E-state index contributed by atoms with van der Waals surface area (Å²) in [6, 6.07) is 0. The summed E-state index contributed by atoms with van der Waals surface area (Å²) in [5.41, 5.74) is 0. The van der Waals surface area contributed by atoms with Gasteiger partial charge in [0.05, 0.1) is 13.0 Å². The number of hydrogen-bond acceptors (Lipinski definition) is 5. The van der Waals surface area contributed by atoms with Crippen LogP contribution in [0.4, 0.5) is 0 Å². The van der Waals surface area contributed by atoms with Crippen molar-refractivity contribution in [2.75, 3.05) is 26.7 Å². The van der Waals surface area contributed by atoms with Crippen molar-refractivity contribution in [3.8, 4) is 0 Å². The van der Waals surface area contributed by atoms with E-state index in [2.05, 4.69) is 34.3 Å². The quantitative estimate of drug-likeness (QED) is 0.221. The number of esters is 1. The Morgan fingerprint density at radius 3 is 2.69 bits per heavy atom. The molecule has 1 aliphatic heterocycles. The molecule has 1 aromatic rings. The van der Waals surface area contributed by atoms with Gasteiger partial charge >= 0.3 is 5.97 Å². The number of nitrogens with zero attached hydrogens (tertiary/aromatic N) is 5. The second-order valence-corrected chi connectivity index (χ2v) is 6.65. The van der Waals surface area contributed by atoms with Gasteiger partial charge < -0.3 is 19.5 Å². The van der Waals surface area contributed by atoms with E-state index in [4.69, 9.17) is 9.73 Å². The van der Waals surface area contributed by atoms with Crippen molar-refractivity contribution in [1.29, 1.82) is 0 Å². The lowest BCUT2D eigenvalue weighted by Gasteiger charge is -2.22. The first-order valence-electron chi connectivity index (χ1n) is 8.93. The lowest BCUT2D eigenvalue weighted by Crippen LogP contribution is -2.41. The maximum atomic E-state index is 11.9. The van der Waals surface area contributed by atoms with Crippen LogP contribution in [0.2, 0.25) is 0 Å². The molecule has 1 aliphatic rings. The molecule has 0 radical (unpaired) electrons. The number of carbonyl (C=O) groups is 1. The summed E-state index contributed by atoms with van der Waals surface area (Å²) in [6.07, 6.45) is 2.19. The highest BCUT2D eigenvalue weighted by atomic mass is 127. The predicted molar refractivity (Wildman–Crippen MR) is 111 cm³/mol. The zero-order valence-electron chi connectivity index (χ0n) is 16.4. The molecule has 2 unspecified atom stereocenters. The van der Waals surface area contributed by atoms with E-state index in [9.17, 15) is 4.79 Å². The normalized spacial score (nSPS) is 20.0. The highest BCUT2D eigenvalue weighted by Crippen LogP contribution is 2.24. The second kappa shape index (κ2) is 10.7. The van der Waals surface area contributed by atoms with Crippen molar-refractivity contribution in [2.45, 2.75) is 40.2 Å². The highest BCUT2D eigenvalue weighted by Gasteiger charge is 2.36. The van der Waals surface area contributed by atoms with Crippen molar-refractivity contribution in [2.24, 2.45) is 23.9 Å². The van der Waals surface area contributed by atoms with Crippen LogP contribution >= 0.6 is 24.0 Å². The van der Waals surface area contributed by atoms with Gasteiger partial charge in [0.15, 0.2) is 11.8 Å². The Kier molecular flexibility index (Phi) is 9.31. The molecule has 0 aromatic carbocycles. The Morgan fingerprint density at radius 1 is 1.38 bits per heavy atom. The third-order valence-corrected chi connectivity index (χ3v) is 4.78. The second-order valence-electron chi connectivity index (χ2n) is 6.65. The van der Waals surface area contributed by atoms with Crippen LogP contribution < -0.4 is 5.32 Å². The fourth-order valence-electron chi connectivity index (χ4n) is 2.98. The fourth-order valence-corrected chi connectivity index (χ4v) is 2.98. The van der Waals surface area contributed by atoms with Crippen LogP contribution in [0.1, 0.15) is 38.3 Å². The summed E-state index contributed by atoms with van der Waals surface area (Å²) >= 11 is 0. The number of methoxy groups -OCH3 is 1. The molecule has 0 aliphatic carbocycles. The number of ether oxygens (including phenoxy) is 1. The monoisotopic (exact) mass is 478 g/mol. The summed E-state index contributed by atoms with van der Waals surface area (Å²) in [7, 11) is 3.39. The third-order valence-electron chi connectivity index (χ3n) is 4.78. The zero-order chi connectivity index (χ0) is 18.4.